The lowest BCUT2D eigenvalue weighted by Crippen LogP contribution is -2.22. The number of anilines is 1. The normalized spacial score (nSPS) is 10.7. The van der Waals surface area contributed by atoms with E-state index in [1.807, 2.05) is 30.3 Å². The molecule has 7 nitrogen and oxygen atoms in total. The maximum absolute atomic E-state index is 14.5. The molecule has 1 aromatic heterocycles. The lowest BCUT2D eigenvalue weighted by atomic mass is 10.2. The Morgan fingerprint density at radius 3 is 2.44 bits per heavy atom. The zero-order valence-corrected chi connectivity index (χ0v) is 19.4. The van der Waals surface area contributed by atoms with Crippen molar-refractivity contribution in [2.45, 2.75) is 5.16 Å². The Morgan fingerprint density at radius 2 is 1.71 bits per heavy atom. The highest BCUT2D eigenvalue weighted by Crippen LogP contribution is 2.29. The van der Waals surface area contributed by atoms with Gasteiger partial charge < -0.3 is 10.2 Å². The quantitative estimate of drug-likeness (QED) is 0.398. The Bertz CT molecular complexity index is 1320. The van der Waals surface area contributed by atoms with Gasteiger partial charge in [-0.15, -0.1) is 10.2 Å². The first-order chi connectivity index (χ1) is 16.4. The van der Waals surface area contributed by atoms with Crippen molar-refractivity contribution in [1.82, 2.24) is 19.7 Å². The van der Waals surface area contributed by atoms with Crippen LogP contribution in [0.5, 0.6) is 0 Å². The van der Waals surface area contributed by atoms with Crippen LogP contribution in [-0.4, -0.2) is 51.3 Å². The number of carbonyl (C=O) groups excluding carboxylic acids is 2. The molecule has 0 bridgehead atoms. The van der Waals surface area contributed by atoms with Crippen LogP contribution in [0.4, 0.5) is 10.1 Å². The topological polar surface area (TPSA) is 80.1 Å². The van der Waals surface area contributed by atoms with Crippen LogP contribution in [0.2, 0.25) is 0 Å². The number of para-hydroxylation sites is 1. The smallest absolute Gasteiger partial charge is 0.253 e. The average molecular weight is 476 g/mol. The summed E-state index contributed by atoms with van der Waals surface area (Å²) >= 11 is 1.19. The maximum Gasteiger partial charge on any atom is 0.253 e. The van der Waals surface area contributed by atoms with Gasteiger partial charge in [-0.1, -0.05) is 48.2 Å². The Labute approximate surface area is 200 Å². The van der Waals surface area contributed by atoms with E-state index in [1.165, 1.54) is 22.7 Å². The van der Waals surface area contributed by atoms with Crippen LogP contribution >= 0.6 is 11.8 Å². The predicted molar refractivity (Wildman–Crippen MR) is 131 cm³/mol. The largest absolute Gasteiger partial charge is 0.345 e. The molecule has 3 aromatic carbocycles. The second kappa shape index (κ2) is 10.3. The molecule has 1 N–H and O–H groups in total. The standard InChI is InChI=1S/C25H22FN5O2S/c1-30(2)24(33)17-9-8-10-18(15-17)27-22(32)16-34-25-29-28-23(20-13-6-7-14-21(20)26)31(25)19-11-4-3-5-12-19/h3-15H,16H2,1-2H3,(H,27,32). The molecule has 0 radical (unpaired) electrons. The fraction of sp³-hybridized carbons (Fsp3) is 0.120. The van der Waals surface area contributed by atoms with Crippen LogP contribution in [0.3, 0.4) is 0 Å². The molecule has 172 valence electrons. The Kier molecular flexibility index (Phi) is 7.03. The third-order valence-electron chi connectivity index (χ3n) is 4.89. The Balaban J connectivity index is 1.55. The maximum atomic E-state index is 14.5. The van der Waals surface area contributed by atoms with Gasteiger partial charge in [-0.05, 0) is 42.5 Å². The number of thioether (sulfide) groups is 1. The second-order valence-electron chi connectivity index (χ2n) is 7.57. The van der Waals surface area contributed by atoms with Gasteiger partial charge in [0, 0.05) is 31.0 Å². The lowest BCUT2D eigenvalue weighted by Gasteiger charge is -2.12. The molecule has 0 saturated carbocycles. The molecule has 1 heterocycles. The van der Waals surface area contributed by atoms with E-state index in [4.69, 9.17) is 0 Å². The van der Waals surface area contributed by atoms with Gasteiger partial charge in [0.25, 0.3) is 5.91 Å². The summed E-state index contributed by atoms with van der Waals surface area (Å²) in [6.07, 6.45) is 0. The number of nitrogens with one attached hydrogen (secondary N) is 1. The summed E-state index contributed by atoms with van der Waals surface area (Å²) in [6.45, 7) is 0. The van der Waals surface area contributed by atoms with Crippen molar-refractivity contribution in [1.29, 1.82) is 0 Å². The van der Waals surface area contributed by atoms with E-state index in [9.17, 15) is 14.0 Å². The van der Waals surface area contributed by atoms with Crippen molar-refractivity contribution in [2.75, 3.05) is 25.2 Å². The zero-order chi connectivity index (χ0) is 24.1. The van der Waals surface area contributed by atoms with Crippen molar-refractivity contribution < 1.29 is 14.0 Å². The zero-order valence-electron chi connectivity index (χ0n) is 18.6. The van der Waals surface area contributed by atoms with Crippen LogP contribution < -0.4 is 5.32 Å². The van der Waals surface area contributed by atoms with Crippen molar-refractivity contribution >= 4 is 29.3 Å². The van der Waals surface area contributed by atoms with Crippen LogP contribution in [0, 0.1) is 5.82 Å². The molecule has 0 aliphatic rings. The minimum atomic E-state index is -0.409. The summed E-state index contributed by atoms with van der Waals surface area (Å²) < 4.78 is 16.2. The van der Waals surface area contributed by atoms with E-state index >= 15 is 0 Å². The first kappa shape index (κ1) is 23.2. The molecule has 34 heavy (non-hydrogen) atoms. The molecule has 0 spiro atoms. The van der Waals surface area contributed by atoms with Crippen molar-refractivity contribution in [3.8, 4) is 17.1 Å². The molecule has 0 fully saturated rings. The lowest BCUT2D eigenvalue weighted by molar-refractivity contribution is -0.113. The Morgan fingerprint density at radius 1 is 0.971 bits per heavy atom. The van der Waals surface area contributed by atoms with E-state index < -0.39 is 5.82 Å². The Hall–Kier alpha value is -3.98. The number of nitrogens with zero attached hydrogens (tertiary/aromatic N) is 4. The van der Waals surface area contributed by atoms with Crippen LogP contribution in [0.1, 0.15) is 10.4 Å². The van der Waals surface area contributed by atoms with Gasteiger partial charge in [0.2, 0.25) is 5.91 Å². The molecule has 0 aliphatic carbocycles. The summed E-state index contributed by atoms with van der Waals surface area (Å²) in [6, 6.07) is 22.5. The number of benzene rings is 3. The molecule has 0 unspecified atom stereocenters. The monoisotopic (exact) mass is 475 g/mol. The summed E-state index contributed by atoms with van der Waals surface area (Å²) in [5, 5.41) is 11.7. The fourth-order valence-electron chi connectivity index (χ4n) is 3.31. The average Bonchev–Trinajstić information content (AvgIpc) is 3.27. The van der Waals surface area contributed by atoms with Crippen LogP contribution in [0.15, 0.2) is 84.0 Å². The molecule has 9 heteroatoms. The number of amides is 2. The molecule has 2 amide bonds. The van der Waals surface area contributed by atoms with E-state index in [0.29, 0.717) is 27.8 Å². The SMILES string of the molecule is CN(C)C(=O)c1cccc(NC(=O)CSc2nnc(-c3ccccc3F)n2-c2ccccc2)c1. The number of halogens is 1. The number of hydrogen-bond acceptors (Lipinski definition) is 5. The number of aromatic nitrogens is 3. The summed E-state index contributed by atoms with van der Waals surface area (Å²) in [5.74, 6) is -0.430. The van der Waals surface area contributed by atoms with Gasteiger partial charge in [-0.3, -0.25) is 14.2 Å². The minimum Gasteiger partial charge on any atom is -0.345 e. The van der Waals surface area contributed by atoms with Gasteiger partial charge in [-0.25, -0.2) is 4.39 Å². The van der Waals surface area contributed by atoms with E-state index in [2.05, 4.69) is 15.5 Å². The van der Waals surface area contributed by atoms with E-state index in [0.717, 1.165) is 5.69 Å². The fourth-order valence-corrected chi connectivity index (χ4v) is 4.06. The molecule has 4 aromatic rings. The van der Waals surface area contributed by atoms with E-state index in [1.54, 1.807) is 61.1 Å². The van der Waals surface area contributed by atoms with Crippen molar-refractivity contribution in [3.05, 3.63) is 90.2 Å². The second-order valence-corrected chi connectivity index (χ2v) is 8.52. The highest BCUT2D eigenvalue weighted by atomic mass is 32.2. The van der Waals surface area contributed by atoms with Gasteiger partial charge in [0.05, 0.1) is 11.3 Å². The van der Waals surface area contributed by atoms with Gasteiger partial charge >= 0.3 is 0 Å². The first-order valence-electron chi connectivity index (χ1n) is 10.4. The van der Waals surface area contributed by atoms with Gasteiger partial charge in [-0.2, -0.15) is 0 Å². The van der Waals surface area contributed by atoms with Gasteiger partial charge in [0.15, 0.2) is 11.0 Å². The van der Waals surface area contributed by atoms with Gasteiger partial charge in [0.1, 0.15) is 5.82 Å². The van der Waals surface area contributed by atoms with Crippen LogP contribution in [-0.2, 0) is 4.79 Å². The molecular weight excluding hydrogens is 453 g/mol. The molecule has 0 saturated heterocycles. The summed E-state index contributed by atoms with van der Waals surface area (Å²) in [4.78, 5) is 26.3. The predicted octanol–water partition coefficient (Wildman–Crippen LogP) is 4.51. The van der Waals surface area contributed by atoms with E-state index in [-0.39, 0.29) is 17.6 Å². The van der Waals surface area contributed by atoms with Crippen molar-refractivity contribution in [2.24, 2.45) is 0 Å². The van der Waals surface area contributed by atoms with Crippen molar-refractivity contribution in [3.63, 3.8) is 0 Å². The minimum absolute atomic E-state index is 0.0497. The molecule has 4 rings (SSSR count). The van der Waals surface area contributed by atoms with Crippen LogP contribution in [0.25, 0.3) is 17.1 Å². The number of hydrogen-bond donors (Lipinski definition) is 1. The molecular formula is C25H22FN5O2S. The third-order valence-corrected chi connectivity index (χ3v) is 5.82. The summed E-state index contributed by atoms with van der Waals surface area (Å²) in [7, 11) is 3.34. The first-order valence-corrected chi connectivity index (χ1v) is 11.4. The highest BCUT2D eigenvalue weighted by Gasteiger charge is 2.19. The summed E-state index contributed by atoms with van der Waals surface area (Å²) in [5.41, 5.74) is 2.07. The third kappa shape index (κ3) is 5.15. The number of rotatable bonds is 7. The highest BCUT2D eigenvalue weighted by molar-refractivity contribution is 7.99. The molecule has 0 atom stereocenters. The molecule has 0 aliphatic heterocycles. The number of carbonyl (C=O) groups is 2.